The van der Waals surface area contributed by atoms with Crippen molar-refractivity contribution in [1.82, 2.24) is 4.90 Å². The van der Waals surface area contributed by atoms with Crippen LogP contribution in [0.15, 0.2) is 42.5 Å². The molecule has 2 fully saturated rings. The summed E-state index contributed by atoms with van der Waals surface area (Å²) in [5, 5.41) is 0.550. The number of hydrogen-bond acceptors (Lipinski definition) is 4. The quantitative estimate of drug-likeness (QED) is 0.712. The van der Waals surface area contributed by atoms with E-state index in [0.29, 0.717) is 23.0 Å². The Labute approximate surface area is 169 Å². The first-order valence-corrected chi connectivity index (χ1v) is 11.2. The molecule has 2 aliphatic heterocycles. The summed E-state index contributed by atoms with van der Waals surface area (Å²) in [5.41, 5.74) is 2.42. The summed E-state index contributed by atoms with van der Waals surface area (Å²) < 4.78 is 29.9. The fourth-order valence-corrected chi connectivity index (χ4v) is 6.09. The van der Waals surface area contributed by atoms with Gasteiger partial charge in [-0.25, -0.2) is 13.2 Å². The molecule has 0 spiro atoms. The molecule has 0 aliphatic carbocycles. The van der Waals surface area contributed by atoms with Gasteiger partial charge in [-0.05, 0) is 42.3 Å². The number of amides is 2. The summed E-state index contributed by atoms with van der Waals surface area (Å²) in [4.78, 5) is 16.5. The number of sulfone groups is 1. The second-order valence-corrected chi connectivity index (χ2v) is 9.84. The second-order valence-electron chi connectivity index (χ2n) is 7.28. The average Bonchev–Trinajstić information content (AvgIpc) is 3.08. The van der Waals surface area contributed by atoms with Crippen molar-refractivity contribution in [1.29, 1.82) is 0 Å². The van der Waals surface area contributed by atoms with Crippen LogP contribution in [0.3, 0.4) is 0 Å². The SMILES string of the molecule is COc1cccc(CN2C(=O)N(c3ccc(C)c(Cl)c3)[C@H]3CS(=O)(=O)C[C@H]32)c1. The number of aryl methyl sites for hydroxylation is 1. The third-order valence-electron chi connectivity index (χ3n) is 5.40. The maximum atomic E-state index is 13.3. The molecule has 2 amide bonds. The van der Waals surface area contributed by atoms with Gasteiger partial charge in [0, 0.05) is 17.3 Å². The maximum absolute atomic E-state index is 13.3. The largest absolute Gasteiger partial charge is 0.497 e. The van der Waals surface area contributed by atoms with Crippen LogP contribution in [0.25, 0.3) is 0 Å². The molecular weight excluding hydrogens is 400 g/mol. The van der Waals surface area contributed by atoms with Gasteiger partial charge >= 0.3 is 6.03 Å². The highest BCUT2D eigenvalue weighted by Crippen LogP contribution is 2.37. The summed E-state index contributed by atoms with van der Waals surface area (Å²) >= 11 is 6.25. The molecule has 28 heavy (non-hydrogen) atoms. The first-order valence-electron chi connectivity index (χ1n) is 8.98. The van der Waals surface area contributed by atoms with E-state index >= 15 is 0 Å². The van der Waals surface area contributed by atoms with Crippen LogP contribution in [-0.2, 0) is 16.4 Å². The van der Waals surface area contributed by atoms with E-state index in [1.165, 1.54) is 0 Å². The van der Waals surface area contributed by atoms with Gasteiger partial charge in [0.1, 0.15) is 5.75 Å². The second kappa shape index (κ2) is 6.97. The lowest BCUT2D eigenvalue weighted by Gasteiger charge is -2.23. The van der Waals surface area contributed by atoms with Crippen molar-refractivity contribution in [3.8, 4) is 5.75 Å². The van der Waals surface area contributed by atoms with Gasteiger partial charge in [0.05, 0.1) is 30.7 Å². The molecule has 0 N–H and O–H groups in total. The van der Waals surface area contributed by atoms with Gasteiger partial charge in [-0.3, -0.25) is 4.90 Å². The highest BCUT2D eigenvalue weighted by Gasteiger charge is 2.53. The minimum Gasteiger partial charge on any atom is -0.497 e. The Morgan fingerprint density at radius 1 is 1.14 bits per heavy atom. The minimum absolute atomic E-state index is 0.0243. The van der Waals surface area contributed by atoms with E-state index in [9.17, 15) is 13.2 Å². The topological polar surface area (TPSA) is 66.9 Å². The molecule has 0 aromatic heterocycles. The van der Waals surface area contributed by atoms with Crippen molar-refractivity contribution in [2.45, 2.75) is 25.6 Å². The normalized spacial score (nSPS) is 23.2. The van der Waals surface area contributed by atoms with Crippen LogP contribution in [-0.4, -0.2) is 50.0 Å². The molecule has 2 aromatic rings. The van der Waals surface area contributed by atoms with Gasteiger partial charge in [-0.2, -0.15) is 0 Å². The van der Waals surface area contributed by atoms with Gasteiger partial charge < -0.3 is 9.64 Å². The third kappa shape index (κ3) is 3.33. The highest BCUT2D eigenvalue weighted by molar-refractivity contribution is 7.91. The smallest absolute Gasteiger partial charge is 0.325 e. The van der Waals surface area contributed by atoms with Gasteiger partial charge in [0.2, 0.25) is 0 Å². The lowest BCUT2D eigenvalue weighted by atomic mass is 10.1. The highest BCUT2D eigenvalue weighted by atomic mass is 35.5. The van der Waals surface area contributed by atoms with Crippen molar-refractivity contribution in [2.24, 2.45) is 0 Å². The molecule has 4 rings (SSSR count). The first kappa shape index (κ1) is 19.1. The summed E-state index contributed by atoms with van der Waals surface area (Å²) in [6.07, 6.45) is 0. The summed E-state index contributed by atoms with van der Waals surface area (Å²) in [5.74, 6) is 0.634. The first-order chi connectivity index (χ1) is 13.3. The number of ether oxygens (including phenoxy) is 1. The Kier molecular flexibility index (Phi) is 4.75. The number of carbonyl (C=O) groups excluding carboxylic acids is 1. The summed E-state index contributed by atoms with van der Waals surface area (Å²) in [7, 11) is -1.63. The zero-order valence-electron chi connectivity index (χ0n) is 15.6. The molecule has 0 saturated carbocycles. The van der Waals surface area contributed by atoms with Gasteiger partial charge in [-0.15, -0.1) is 0 Å². The molecule has 0 unspecified atom stereocenters. The zero-order chi connectivity index (χ0) is 20.1. The van der Waals surface area contributed by atoms with Crippen molar-refractivity contribution in [3.05, 3.63) is 58.6 Å². The Bertz CT molecular complexity index is 1040. The third-order valence-corrected chi connectivity index (χ3v) is 7.50. The van der Waals surface area contributed by atoms with Gasteiger partial charge in [-0.1, -0.05) is 29.8 Å². The number of benzene rings is 2. The van der Waals surface area contributed by atoms with E-state index in [2.05, 4.69) is 0 Å². The van der Waals surface area contributed by atoms with E-state index in [1.807, 2.05) is 43.3 Å². The van der Waals surface area contributed by atoms with Crippen LogP contribution >= 0.6 is 11.6 Å². The number of hydrogen-bond donors (Lipinski definition) is 0. The van der Waals surface area contributed by atoms with Gasteiger partial charge in [0.25, 0.3) is 0 Å². The monoisotopic (exact) mass is 420 g/mol. The van der Waals surface area contributed by atoms with Crippen molar-refractivity contribution in [3.63, 3.8) is 0 Å². The van der Waals surface area contributed by atoms with Gasteiger partial charge in [0.15, 0.2) is 9.84 Å². The molecule has 8 heteroatoms. The van der Waals surface area contributed by atoms with Crippen LogP contribution in [0.1, 0.15) is 11.1 Å². The fraction of sp³-hybridized carbons (Fsp3) is 0.350. The zero-order valence-corrected chi connectivity index (χ0v) is 17.2. The number of anilines is 1. The van der Waals surface area contributed by atoms with Crippen molar-refractivity contribution in [2.75, 3.05) is 23.5 Å². The Morgan fingerprint density at radius 2 is 1.89 bits per heavy atom. The van der Waals surface area contributed by atoms with E-state index in [1.54, 1.807) is 23.0 Å². The molecular formula is C20H21ClN2O4S. The number of urea groups is 1. The summed E-state index contributed by atoms with van der Waals surface area (Å²) in [6, 6.07) is 11.8. The summed E-state index contributed by atoms with van der Waals surface area (Å²) in [6.45, 7) is 2.21. The van der Waals surface area contributed by atoms with Crippen molar-refractivity contribution < 1.29 is 17.9 Å². The number of carbonyl (C=O) groups is 1. The Balaban J connectivity index is 1.71. The maximum Gasteiger partial charge on any atom is 0.325 e. The number of methoxy groups -OCH3 is 1. The predicted octanol–water partition coefficient (Wildman–Crippen LogP) is 3.26. The molecule has 148 valence electrons. The van der Waals surface area contributed by atoms with E-state index in [0.717, 1.165) is 11.1 Å². The van der Waals surface area contributed by atoms with Crippen molar-refractivity contribution >= 4 is 33.2 Å². The van der Waals surface area contributed by atoms with E-state index in [4.69, 9.17) is 16.3 Å². The molecule has 2 aliphatic rings. The van der Waals surface area contributed by atoms with Crippen LogP contribution < -0.4 is 9.64 Å². The molecule has 2 heterocycles. The molecule has 0 bridgehead atoms. The van der Waals surface area contributed by atoms with Crippen LogP contribution in [0, 0.1) is 6.92 Å². The number of nitrogens with zero attached hydrogens (tertiary/aromatic N) is 2. The standard InChI is InChI=1S/C20H21ClN2O4S/c1-13-6-7-15(9-17(13)21)23-19-12-28(25,26)11-18(19)22(20(23)24)10-14-4-3-5-16(8-14)27-2/h3-9,18-19H,10-12H2,1-2H3/t18-,19+/m1/s1. The molecule has 2 saturated heterocycles. The predicted molar refractivity (Wildman–Crippen MR) is 109 cm³/mol. The Morgan fingerprint density at radius 3 is 2.61 bits per heavy atom. The minimum atomic E-state index is -3.22. The Hall–Kier alpha value is -2.25. The number of fused-ring (bicyclic) bond motifs is 1. The number of rotatable bonds is 4. The molecule has 6 nitrogen and oxygen atoms in total. The number of halogens is 1. The average molecular weight is 421 g/mol. The van der Waals surface area contributed by atoms with Crippen LogP contribution in [0.4, 0.5) is 10.5 Å². The lowest BCUT2D eigenvalue weighted by molar-refractivity contribution is 0.206. The fourth-order valence-electron chi connectivity index (χ4n) is 3.96. The molecule has 0 radical (unpaired) electrons. The van der Waals surface area contributed by atoms with Crippen LogP contribution in [0.5, 0.6) is 5.75 Å². The van der Waals surface area contributed by atoms with Crippen LogP contribution in [0.2, 0.25) is 5.02 Å². The molecule has 2 aromatic carbocycles. The van der Waals surface area contributed by atoms with E-state index in [-0.39, 0.29) is 23.6 Å². The molecule has 2 atom stereocenters. The lowest BCUT2D eigenvalue weighted by Crippen LogP contribution is -2.37. The van der Waals surface area contributed by atoms with E-state index < -0.39 is 15.9 Å².